The Balaban J connectivity index is 2.81. The molecule has 0 fully saturated rings. The van der Waals surface area contributed by atoms with E-state index >= 15 is 0 Å². The van der Waals surface area contributed by atoms with Crippen LogP contribution in [0.1, 0.15) is 44.4 Å². The average Bonchev–Trinajstić information content (AvgIpc) is 2.26. The minimum atomic E-state index is 0.225. The van der Waals surface area contributed by atoms with Crippen LogP contribution in [0.4, 0.5) is 0 Å². The van der Waals surface area contributed by atoms with Crippen molar-refractivity contribution in [2.24, 2.45) is 0 Å². The van der Waals surface area contributed by atoms with Crippen LogP contribution in [0.5, 0.6) is 0 Å². The Morgan fingerprint density at radius 3 is 2.24 bits per heavy atom. The number of rotatable bonds is 1. The lowest BCUT2D eigenvalue weighted by Crippen LogP contribution is -2.14. The summed E-state index contributed by atoms with van der Waals surface area (Å²) in [6.45, 7) is 11.3. The van der Waals surface area contributed by atoms with E-state index in [1.807, 2.05) is 0 Å². The van der Waals surface area contributed by atoms with Crippen LogP contribution in [0, 0.1) is 6.92 Å². The molecular formula is C17H22. The summed E-state index contributed by atoms with van der Waals surface area (Å²) >= 11 is 0. The van der Waals surface area contributed by atoms with Gasteiger partial charge in [0.25, 0.3) is 0 Å². The Labute approximate surface area is 105 Å². The minimum absolute atomic E-state index is 0.225. The molecule has 0 bridgehead atoms. The molecule has 0 N–H and O–H groups in total. The van der Waals surface area contributed by atoms with Crippen LogP contribution < -0.4 is 0 Å². The van der Waals surface area contributed by atoms with Crippen LogP contribution in [0.2, 0.25) is 0 Å². The van der Waals surface area contributed by atoms with Crippen molar-refractivity contribution in [2.75, 3.05) is 0 Å². The van der Waals surface area contributed by atoms with Crippen LogP contribution in [0.25, 0.3) is 10.8 Å². The number of hydrogen-bond acceptors (Lipinski definition) is 0. The molecule has 0 saturated heterocycles. The van der Waals surface area contributed by atoms with Gasteiger partial charge < -0.3 is 0 Å². The van der Waals surface area contributed by atoms with E-state index in [4.69, 9.17) is 0 Å². The number of fused-ring (bicyclic) bond motifs is 1. The fourth-order valence-electron chi connectivity index (χ4n) is 2.58. The maximum Gasteiger partial charge on any atom is -0.0129 e. The van der Waals surface area contributed by atoms with E-state index in [0.717, 1.165) is 6.42 Å². The van der Waals surface area contributed by atoms with Gasteiger partial charge >= 0.3 is 0 Å². The normalized spacial score (nSPS) is 12.1. The maximum absolute atomic E-state index is 2.32. The highest BCUT2D eigenvalue weighted by atomic mass is 14.2. The first kappa shape index (κ1) is 12.2. The second kappa shape index (κ2) is 4.18. The van der Waals surface area contributed by atoms with Crippen molar-refractivity contribution in [2.45, 2.75) is 46.5 Å². The molecule has 0 aromatic heterocycles. The molecular weight excluding hydrogens is 204 g/mol. The van der Waals surface area contributed by atoms with Gasteiger partial charge in [0.2, 0.25) is 0 Å². The molecule has 0 spiro atoms. The van der Waals surface area contributed by atoms with E-state index in [9.17, 15) is 0 Å². The molecule has 0 unspecified atom stereocenters. The molecule has 0 saturated carbocycles. The molecule has 2 rings (SSSR count). The van der Waals surface area contributed by atoms with E-state index < -0.39 is 0 Å². The molecule has 90 valence electrons. The van der Waals surface area contributed by atoms with Crippen molar-refractivity contribution in [3.8, 4) is 0 Å². The zero-order valence-corrected chi connectivity index (χ0v) is 11.6. The molecule has 0 aliphatic heterocycles. The van der Waals surface area contributed by atoms with E-state index in [1.54, 1.807) is 0 Å². The van der Waals surface area contributed by atoms with Gasteiger partial charge in [0, 0.05) is 0 Å². The summed E-state index contributed by atoms with van der Waals surface area (Å²) in [6, 6.07) is 11.3. The van der Waals surface area contributed by atoms with Crippen molar-refractivity contribution in [1.29, 1.82) is 0 Å². The summed E-state index contributed by atoms with van der Waals surface area (Å²) in [5.74, 6) is 0. The van der Waals surface area contributed by atoms with Gasteiger partial charge in [-0.15, -0.1) is 0 Å². The van der Waals surface area contributed by atoms with Crippen molar-refractivity contribution < 1.29 is 0 Å². The summed E-state index contributed by atoms with van der Waals surface area (Å²) in [5, 5.41) is 2.79. The van der Waals surface area contributed by atoms with E-state index in [1.165, 1.54) is 27.5 Å². The largest absolute Gasteiger partial charge is 0.0613 e. The third-order valence-electron chi connectivity index (χ3n) is 3.45. The van der Waals surface area contributed by atoms with E-state index in [0.29, 0.717) is 0 Å². The van der Waals surface area contributed by atoms with Crippen molar-refractivity contribution in [3.63, 3.8) is 0 Å². The molecule has 0 heteroatoms. The van der Waals surface area contributed by atoms with Gasteiger partial charge in [0.05, 0.1) is 0 Å². The van der Waals surface area contributed by atoms with Gasteiger partial charge in [0.1, 0.15) is 0 Å². The first-order valence-electron chi connectivity index (χ1n) is 6.46. The van der Waals surface area contributed by atoms with Crippen molar-refractivity contribution >= 4 is 10.8 Å². The highest BCUT2D eigenvalue weighted by Gasteiger charge is 2.18. The van der Waals surface area contributed by atoms with E-state index in [-0.39, 0.29) is 5.41 Å². The number of hydrogen-bond donors (Lipinski definition) is 0. The van der Waals surface area contributed by atoms with Crippen LogP contribution in [-0.2, 0) is 11.8 Å². The maximum atomic E-state index is 2.32. The Bertz CT molecular complexity index is 542. The summed E-state index contributed by atoms with van der Waals surface area (Å²) in [7, 11) is 0. The lowest BCUT2D eigenvalue weighted by molar-refractivity contribution is 0.584. The van der Waals surface area contributed by atoms with Gasteiger partial charge in [-0.3, -0.25) is 0 Å². The first-order valence-corrected chi connectivity index (χ1v) is 6.46. The molecule has 0 nitrogen and oxygen atoms in total. The fourth-order valence-corrected chi connectivity index (χ4v) is 2.58. The number of aryl methyl sites for hydroxylation is 2. The summed E-state index contributed by atoms with van der Waals surface area (Å²) in [4.78, 5) is 0. The summed E-state index contributed by atoms with van der Waals surface area (Å²) < 4.78 is 0. The molecule has 0 aliphatic rings. The summed E-state index contributed by atoms with van der Waals surface area (Å²) in [5.41, 5.74) is 4.57. The van der Waals surface area contributed by atoms with Crippen LogP contribution in [-0.4, -0.2) is 0 Å². The molecule has 2 aromatic carbocycles. The highest BCUT2D eigenvalue weighted by molar-refractivity contribution is 5.87. The van der Waals surface area contributed by atoms with Gasteiger partial charge in [-0.05, 0) is 40.7 Å². The van der Waals surface area contributed by atoms with Crippen LogP contribution in [0.15, 0.2) is 30.3 Å². The lowest BCUT2D eigenvalue weighted by Gasteiger charge is -2.24. The highest BCUT2D eigenvalue weighted by Crippen LogP contribution is 2.32. The topological polar surface area (TPSA) is 0 Å². The van der Waals surface area contributed by atoms with Gasteiger partial charge in [-0.2, -0.15) is 0 Å². The molecule has 0 radical (unpaired) electrons. The minimum Gasteiger partial charge on any atom is -0.0613 e. The zero-order chi connectivity index (χ0) is 12.6. The average molecular weight is 226 g/mol. The van der Waals surface area contributed by atoms with Crippen LogP contribution in [0.3, 0.4) is 0 Å². The standard InChI is InChI=1S/C17H22/c1-6-14-15-11-12(2)7-8-13(15)9-10-16(14)17(3,4)5/h7-11H,6H2,1-5H3. The molecule has 0 atom stereocenters. The van der Waals surface area contributed by atoms with Gasteiger partial charge in [-0.25, -0.2) is 0 Å². The van der Waals surface area contributed by atoms with Crippen molar-refractivity contribution in [1.82, 2.24) is 0 Å². The predicted molar refractivity (Wildman–Crippen MR) is 76.8 cm³/mol. The smallest absolute Gasteiger partial charge is 0.0129 e. The molecule has 0 aliphatic carbocycles. The predicted octanol–water partition coefficient (Wildman–Crippen LogP) is 5.01. The second-order valence-electron chi connectivity index (χ2n) is 5.92. The van der Waals surface area contributed by atoms with Gasteiger partial charge in [-0.1, -0.05) is 63.6 Å². The van der Waals surface area contributed by atoms with Crippen molar-refractivity contribution in [3.05, 3.63) is 47.0 Å². The molecule has 0 heterocycles. The summed E-state index contributed by atoms with van der Waals surface area (Å²) in [6.07, 6.45) is 1.10. The Morgan fingerprint density at radius 2 is 1.65 bits per heavy atom. The zero-order valence-electron chi connectivity index (χ0n) is 11.6. The monoisotopic (exact) mass is 226 g/mol. The third-order valence-corrected chi connectivity index (χ3v) is 3.45. The Hall–Kier alpha value is -1.30. The van der Waals surface area contributed by atoms with E-state index in [2.05, 4.69) is 65.0 Å². The molecule has 17 heavy (non-hydrogen) atoms. The first-order chi connectivity index (χ1) is 7.93. The lowest BCUT2D eigenvalue weighted by atomic mass is 9.81. The number of benzene rings is 2. The molecule has 2 aromatic rings. The quantitative estimate of drug-likeness (QED) is 0.641. The molecule has 0 amide bonds. The SMILES string of the molecule is CCc1c(C(C)(C)C)ccc2ccc(C)cc12. The second-order valence-corrected chi connectivity index (χ2v) is 5.92. The Kier molecular flexibility index (Phi) is 2.99. The van der Waals surface area contributed by atoms with Gasteiger partial charge in [0.15, 0.2) is 0 Å². The fraction of sp³-hybridized carbons (Fsp3) is 0.412. The Morgan fingerprint density at radius 1 is 1.00 bits per heavy atom. The third kappa shape index (κ3) is 2.22. The van der Waals surface area contributed by atoms with Crippen LogP contribution >= 0.6 is 0 Å².